The van der Waals surface area contributed by atoms with E-state index in [-0.39, 0.29) is 17.5 Å². The van der Waals surface area contributed by atoms with E-state index in [1.165, 1.54) is 23.1 Å². The van der Waals surface area contributed by atoms with Crippen LogP contribution in [0.3, 0.4) is 0 Å². The Morgan fingerprint density at radius 3 is 2.68 bits per heavy atom. The fourth-order valence-corrected chi connectivity index (χ4v) is 4.58. The van der Waals surface area contributed by atoms with Gasteiger partial charge in [0.1, 0.15) is 5.65 Å². The molecule has 176 valence electrons. The first-order chi connectivity index (χ1) is 16.4. The lowest BCUT2D eigenvalue weighted by Gasteiger charge is -2.12. The topological polar surface area (TPSA) is 98.1 Å². The Hall–Kier alpha value is -3.72. The zero-order valence-corrected chi connectivity index (χ0v) is 20.4. The fourth-order valence-electron chi connectivity index (χ4n) is 3.75. The molecule has 0 aliphatic rings. The molecule has 0 saturated heterocycles. The molecule has 0 radical (unpaired) electrons. The molecule has 0 bridgehead atoms. The predicted molar refractivity (Wildman–Crippen MR) is 134 cm³/mol. The summed E-state index contributed by atoms with van der Waals surface area (Å²) in [5, 5.41) is 6.97. The highest BCUT2D eigenvalue weighted by Gasteiger charge is 2.27. The van der Waals surface area contributed by atoms with Gasteiger partial charge in [0.25, 0.3) is 5.91 Å². The molecule has 0 aliphatic heterocycles. The van der Waals surface area contributed by atoms with Gasteiger partial charge in [0.15, 0.2) is 5.69 Å². The second-order valence-electron chi connectivity index (χ2n) is 8.38. The summed E-state index contributed by atoms with van der Waals surface area (Å²) in [4.78, 5) is 37.0. The molecule has 34 heavy (non-hydrogen) atoms. The van der Waals surface area contributed by atoms with Crippen LogP contribution in [0.4, 0.5) is 11.4 Å². The molecule has 0 aliphatic carbocycles. The number of fused-ring (bicyclic) bond motifs is 1. The number of hydrogen-bond donors (Lipinski definition) is 2. The van der Waals surface area contributed by atoms with E-state index in [0.29, 0.717) is 35.4 Å². The monoisotopic (exact) mass is 477 g/mol. The maximum atomic E-state index is 13.0. The molecular weight excluding hydrogens is 450 g/mol. The summed E-state index contributed by atoms with van der Waals surface area (Å²) in [6, 6.07) is 9.44. The minimum atomic E-state index is -0.538. The summed E-state index contributed by atoms with van der Waals surface area (Å²) < 4.78 is 6.91. The quantitative estimate of drug-likeness (QED) is 0.342. The summed E-state index contributed by atoms with van der Waals surface area (Å²) in [5.41, 5.74) is 2.42. The number of methoxy groups -OCH3 is 1. The number of rotatable bonds is 8. The van der Waals surface area contributed by atoms with Crippen LogP contribution in [-0.2, 0) is 17.8 Å². The summed E-state index contributed by atoms with van der Waals surface area (Å²) in [6.07, 6.45) is 4.82. The molecule has 0 fully saturated rings. The maximum absolute atomic E-state index is 13.0. The number of anilines is 2. The van der Waals surface area contributed by atoms with Crippen molar-refractivity contribution < 1.29 is 14.3 Å². The number of carbonyl (C=O) groups excluding carboxylic acids is 2. The lowest BCUT2D eigenvalue weighted by molar-refractivity contribution is 0.0589. The SMILES string of the molecule is COC(=O)c1c(NC(=O)c2cccnc2)c2cc(NCc3ccc(C)s3)cnc2n1CC(C)C. The molecule has 4 heterocycles. The third kappa shape index (κ3) is 4.94. The third-order valence-electron chi connectivity index (χ3n) is 5.25. The van der Waals surface area contributed by atoms with E-state index in [9.17, 15) is 9.59 Å². The van der Waals surface area contributed by atoms with Crippen LogP contribution in [0.15, 0.2) is 48.9 Å². The van der Waals surface area contributed by atoms with E-state index in [2.05, 4.69) is 53.5 Å². The molecule has 0 atom stereocenters. The smallest absolute Gasteiger partial charge is 0.356 e. The van der Waals surface area contributed by atoms with E-state index >= 15 is 0 Å². The van der Waals surface area contributed by atoms with E-state index in [1.54, 1.807) is 35.9 Å². The van der Waals surface area contributed by atoms with Crippen molar-refractivity contribution in [3.63, 3.8) is 0 Å². The lowest BCUT2D eigenvalue weighted by Crippen LogP contribution is -2.18. The molecule has 1 amide bonds. The average Bonchev–Trinajstić information content (AvgIpc) is 3.38. The second kappa shape index (κ2) is 10.0. The summed E-state index contributed by atoms with van der Waals surface area (Å²) in [6.45, 7) is 7.38. The van der Waals surface area contributed by atoms with Crippen LogP contribution in [0, 0.1) is 12.8 Å². The number of hydrogen-bond acceptors (Lipinski definition) is 7. The van der Waals surface area contributed by atoms with Gasteiger partial charge in [-0.2, -0.15) is 0 Å². The largest absolute Gasteiger partial charge is 0.464 e. The van der Waals surface area contributed by atoms with Gasteiger partial charge in [-0.1, -0.05) is 13.8 Å². The molecule has 9 heteroatoms. The van der Waals surface area contributed by atoms with E-state index in [1.807, 2.05) is 10.6 Å². The van der Waals surface area contributed by atoms with Crippen molar-refractivity contribution >= 4 is 45.6 Å². The molecule has 0 aromatic carbocycles. The van der Waals surface area contributed by atoms with Crippen LogP contribution in [-0.4, -0.2) is 33.5 Å². The Kier molecular flexibility index (Phi) is 6.93. The number of aryl methyl sites for hydroxylation is 1. The van der Waals surface area contributed by atoms with Crippen LogP contribution in [0.25, 0.3) is 11.0 Å². The number of amides is 1. The van der Waals surface area contributed by atoms with Gasteiger partial charge in [0.05, 0.1) is 30.2 Å². The summed E-state index contributed by atoms with van der Waals surface area (Å²) in [7, 11) is 1.33. The van der Waals surface area contributed by atoms with Gasteiger partial charge in [-0.3, -0.25) is 9.78 Å². The van der Waals surface area contributed by atoms with Crippen molar-refractivity contribution in [1.29, 1.82) is 0 Å². The van der Waals surface area contributed by atoms with E-state index < -0.39 is 5.97 Å². The number of aromatic nitrogens is 3. The normalized spacial score (nSPS) is 11.1. The maximum Gasteiger partial charge on any atom is 0.356 e. The van der Waals surface area contributed by atoms with Gasteiger partial charge < -0.3 is 19.9 Å². The average molecular weight is 478 g/mol. The Bertz CT molecular complexity index is 1330. The van der Waals surface area contributed by atoms with Gasteiger partial charge in [-0.05, 0) is 43.2 Å². The third-order valence-corrected chi connectivity index (χ3v) is 6.25. The minimum absolute atomic E-state index is 0.238. The molecule has 4 aromatic heterocycles. The van der Waals surface area contributed by atoms with Crippen LogP contribution in [0.1, 0.15) is 44.4 Å². The van der Waals surface area contributed by atoms with Crippen molar-refractivity contribution in [1.82, 2.24) is 14.5 Å². The Morgan fingerprint density at radius 2 is 2.03 bits per heavy atom. The highest BCUT2D eigenvalue weighted by atomic mass is 32.1. The molecule has 8 nitrogen and oxygen atoms in total. The van der Waals surface area contributed by atoms with Crippen molar-refractivity contribution in [3.05, 3.63) is 69.9 Å². The Labute approximate surface area is 202 Å². The summed E-state index contributed by atoms with van der Waals surface area (Å²) in [5.74, 6) is -0.666. The second-order valence-corrected chi connectivity index (χ2v) is 9.75. The van der Waals surface area contributed by atoms with Gasteiger partial charge in [0.2, 0.25) is 0 Å². The molecule has 2 N–H and O–H groups in total. The van der Waals surface area contributed by atoms with Crippen LogP contribution < -0.4 is 10.6 Å². The lowest BCUT2D eigenvalue weighted by atomic mass is 10.2. The van der Waals surface area contributed by atoms with Crippen molar-refractivity contribution in [2.45, 2.75) is 33.9 Å². The van der Waals surface area contributed by atoms with E-state index in [4.69, 9.17) is 4.74 Å². The van der Waals surface area contributed by atoms with Gasteiger partial charge in [-0.15, -0.1) is 11.3 Å². The highest BCUT2D eigenvalue weighted by Crippen LogP contribution is 2.34. The molecule has 4 rings (SSSR count). The first kappa shape index (κ1) is 23.4. The number of ether oxygens (including phenoxy) is 1. The molecule has 0 saturated carbocycles. The zero-order valence-electron chi connectivity index (χ0n) is 19.6. The number of nitrogens with zero attached hydrogens (tertiary/aromatic N) is 3. The van der Waals surface area contributed by atoms with Crippen LogP contribution in [0.5, 0.6) is 0 Å². The van der Waals surface area contributed by atoms with Crippen LogP contribution >= 0.6 is 11.3 Å². The van der Waals surface area contributed by atoms with E-state index in [0.717, 1.165) is 5.69 Å². The minimum Gasteiger partial charge on any atom is -0.464 e. The Morgan fingerprint density at radius 1 is 1.21 bits per heavy atom. The number of thiophene rings is 1. The van der Waals surface area contributed by atoms with Gasteiger partial charge >= 0.3 is 5.97 Å². The van der Waals surface area contributed by atoms with Crippen molar-refractivity contribution in [2.24, 2.45) is 5.92 Å². The Balaban J connectivity index is 1.80. The first-order valence-electron chi connectivity index (χ1n) is 11.0. The molecule has 4 aromatic rings. The summed E-state index contributed by atoms with van der Waals surface area (Å²) >= 11 is 1.73. The van der Waals surface area contributed by atoms with Crippen LogP contribution in [0.2, 0.25) is 0 Å². The number of esters is 1. The number of carbonyl (C=O) groups is 2. The molecule has 0 spiro atoms. The van der Waals surface area contributed by atoms with Crippen molar-refractivity contribution in [3.8, 4) is 0 Å². The first-order valence-corrected chi connectivity index (χ1v) is 11.8. The van der Waals surface area contributed by atoms with Gasteiger partial charge in [-0.25, -0.2) is 9.78 Å². The van der Waals surface area contributed by atoms with Gasteiger partial charge in [0, 0.05) is 40.6 Å². The zero-order chi connectivity index (χ0) is 24.2. The number of nitrogens with one attached hydrogen (secondary N) is 2. The predicted octanol–water partition coefficient (Wildman–Crippen LogP) is 5.11. The highest BCUT2D eigenvalue weighted by molar-refractivity contribution is 7.11. The standard InChI is InChI=1S/C25H27N5O3S/c1-15(2)14-30-22(25(32)33-4)21(29-24(31)17-6-5-9-26-11-17)20-10-18(12-28-23(20)30)27-13-19-8-7-16(3)34-19/h5-12,15,27H,13-14H2,1-4H3,(H,29,31). The molecule has 0 unspecified atom stereocenters. The van der Waals surface area contributed by atoms with Crippen molar-refractivity contribution in [2.75, 3.05) is 17.7 Å². The molecular formula is C25H27N5O3S. The fraction of sp³-hybridized carbons (Fsp3) is 0.280. The number of pyridine rings is 2.